The second-order valence-corrected chi connectivity index (χ2v) is 9.44. The van der Waals surface area contributed by atoms with Crippen molar-refractivity contribution in [2.75, 3.05) is 6.61 Å². The summed E-state index contributed by atoms with van der Waals surface area (Å²) >= 11 is 0. The maximum Gasteiger partial charge on any atom is 0.147 e. The van der Waals surface area contributed by atoms with Crippen molar-refractivity contribution in [3.8, 4) is 17.2 Å². The van der Waals surface area contributed by atoms with E-state index in [9.17, 15) is 5.11 Å². The molecule has 0 radical (unpaired) electrons. The molecular formula is C24H38N6O3. The second kappa shape index (κ2) is 10.2. The number of phenols is 1. The van der Waals surface area contributed by atoms with Gasteiger partial charge in [0, 0.05) is 11.6 Å². The fraction of sp³-hybridized carbons (Fsp3) is 0.500. The van der Waals surface area contributed by atoms with Crippen molar-refractivity contribution >= 4 is 11.0 Å². The highest BCUT2D eigenvalue weighted by Crippen LogP contribution is 2.40. The molecule has 9 nitrogen and oxygen atoms in total. The van der Waals surface area contributed by atoms with Gasteiger partial charge in [0.05, 0.1) is 6.61 Å². The molecule has 0 spiro atoms. The lowest BCUT2D eigenvalue weighted by atomic mass is 9.86. The van der Waals surface area contributed by atoms with Gasteiger partial charge in [-0.15, -0.1) is 14.1 Å². The number of nitrogens with one attached hydrogen (secondary N) is 3. The Hall–Kier alpha value is -3.20. The summed E-state index contributed by atoms with van der Waals surface area (Å²) in [6, 6.07) is 12.2. The van der Waals surface area contributed by atoms with Gasteiger partial charge in [0.1, 0.15) is 28.2 Å². The summed E-state index contributed by atoms with van der Waals surface area (Å²) in [5.41, 5.74) is 3.81. The van der Waals surface area contributed by atoms with Crippen LogP contribution in [-0.4, -0.2) is 46.9 Å². The lowest BCUT2D eigenvalue weighted by Crippen LogP contribution is -2.13. The molecule has 182 valence electrons. The minimum atomic E-state index is -0.176. The maximum atomic E-state index is 11.0. The van der Waals surface area contributed by atoms with Gasteiger partial charge in [0.25, 0.3) is 0 Å². The molecular weight excluding hydrogens is 420 g/mol. The van der Waals surface area contributed by atoms with Gasteiger partial charge in [-0.25, -0.2) is 15.6 Å². The molecule has 0 aliphatic carbocycles. The zero-order valence-corrected chi connectivity index (χ0v) is 20.1. The number of phenolic OH excluding ortho intramolecular Hbond substituents is 1. The maximum absolute atomic E-state index is 11.0. The van der Waals surface area contributed by atoms with E-state index >= 15 is 0 Å². The Kier molecular flexibility index (Phi) is 7.53. The number of benzene rings is 2. The summed E-state index contributed by atoms with van der Waals surface area (Å²) in [6.07, 6.45) is 7.47. The van der Waals surface area contributed by atoms with E-state index in [0.29, 0.717) is 12.4 Å². The van der Waals surface area contributed by atoms with Gasteiger partial charge in [-0.3, -0.25) is 0 Å². The van der Waals surface area contributed by atoms with Crippen LogP contribution < -0.4 is 4.74 Å². The van der Waals surface area contributed by atoms with E-state index in [1.54, 1.807) is 0 Å². The molecule has 9 heteroatoms. The van der Waals surface area contributed by atoms with Gasteiger partial charge in [-0.1, -0.05) is 71.9 Å². The van der Waals surface area contributed by atoms with E-state index in [4.69, 9.17) is 4.74 Å². The number of hydrogen-bond acceptors (Lipinski definition) is 2. The SMILES string of the molecule is CCCCCCCCOc1cc(-n2n3c4ccccc4n23)c(O)c(C(C)(C)C)c1.O.[nH]1[nH][nH]1. The first-order valence-corrected chi connectivity index (χ1v) is 11.7. The quantitative estimate of drug-likeness (QED) is 0.232. The summed E-state index contributed by atoms with van der Waals surface area (Å²) in [6.45, 7) is 9.32. The molecule has 0 aliphatic rings. The van der Waals surface area contributed by atoms with Gasteiger partial charge in [-0.05, 0) is 30.0 Å². The number of hydrogen-bond donors (Lipinski definition) is 4. The molecule has 0 amide bonds. The number of para-hydroxylation sites is 2. The lowest BCUT2D eigenvalue weighted by molar-refractivity contribution is 0.302. The first-order valence-electron chi connectivity index (χ1n) is 11.7. The Labute approximate surface area is 193 Å². The standard InChI is InChI=1S/C24H33N3O2.H3N3.H2O/c1-5-6-7-8-9-12-15-29-18-16-19(24(2,3)4)23(28)22(17-18)27-25-20-13-10-11-14-21(20)26(25)27;1-2-3-1;/h10-11,13-14,16-17,28H,5-9,12,15H2,1-4H3;1-3H;1H2. The van der Waals surface area contributed by atoms with Crippen molar-refractivity contribution in [3.63, 3.8) is 0 Å². The Balaban J connectivity index is 0.000000709. The predicted molar refractivity (Wildman–Crippen MR) is 131 cm³/mol. The smallest absolute Gasteiger partial charge is 0.147 e. The average molecular weight is 459 g/mol. The molecule has 0 fully saturated rings. The minimum Gasteiger partial charge on any atom is -0.505 e. The third-order valence-corrected chi connectivity index (χ3v) is 5.80. The molecule has 33 heavy (non-hydrogen) atoms. The topological polar surface area (TPSA) is 122 Å². The number of aromatic hydroxyl groups is 1. The Morgan fingerprint density at radius 1 is 0.879 bits per heavy atom. The Morgan fingerprint density at radius 3 is 2.00 bits per heavy atom. The largest absolute Gasteiger partial charge is 0.505 e. The summed E-state index contributed by atoms with van der Waals surface area (Å²) < 4.78 is 10.2. The highest BCUT2D eigenvalue weighted by Gasteiger charge is 2.29. The molecule has 0 bridgehead atoms. The highest BCUT2D eigenvalue weighted by atomic mass is 16.5. The van der Waals surface area contributed by atoms with Crippen LogP contribution in [0.4, 0.5) is 0 Å². The first kappa shape index (κ1) is 24.4. The van der Waals surface area contributed by atoms with Crippen LogP contribution in [0.2, 0.25) is 0 Å². The first-order chi connectivity index (χ1) is 15.4. The molecule has 6 N–H and O–H groups in total. The molecule has 0 unspecified atom stereocenters. The molecule has 3 heterocycles. The minimum absolute atomic E-state index is 0. The van der Waals surface area contributed by atoms with Crippen molar-refractivity contribution < 1.29 is 15.3 Å². The molecule has 0 atom stereocenters. The van der Waals surface area contributed by atoms with Gasteiger partial charge in [0.15, 0.2) is 0 Å². The average Bonchev–Trinajstić information content (AvgIpc) is 3.66. The van der Waals surface area contributed by atoms with Gasteiger partial charge in [-0.2, -0.15) is 0 Å². The third kappa shape index (κ3) is 5.42. The van der Waals surface area contributed by atoms with Crippen LogP contribution in [0.3, 0.4) is 0 Å². The molecule has 0 saturated carbocycles. The molecule has 3 aromatic heterocycles. The summed E-state index contributed by atoms with van der Waals surface area (Å²) in [5, 5.41) is 18.5. The van der Waals surface area contributed by atoms with Gasteiger partial charge in [0.2, 0.25) is 0 Å². The number of fused-ring (bicyclic) bond motifs is 4. The predicted octanol–water partition coefficient (Wildman–Crippen LogP) is 5.01. The van der Waals surface area contributed by atoms with Crippen molar-refractivity contribution in [2.45, 2.75) is 71.6 Å². The Morgan fingerprint density at radius 2 is 1.45 bits per heavy atom. The summed E-state index contributed by atoms with van der Waals surface area (Å²) in [5.74, 6) is 1.15. The van der Waals surface area contributed by atoms with E-state index in [1.165, 1.54) is 32.1 Å². The van der Waals surface area contributed by atoms with Crippen LogP contribution in [-0.2, 0) is 5.41 Å². The van der Waals surface area contributed by atoms with E-state index in [0.717, 1.165) is 34.5 Å². The zero-order valence-electron chi connectivity index (χ0n) is 20.1. The van der Waals surface area contributed by atoms with Crippen molar-refractivity contribution in [1.29, 1.82) is 0 Å². The highest BCUT2D eigenvalue weighted by molar-refractivity contribution is 5.79. The van der Waals surface area contributed by atoms with E-state index in [1.807, 2.05) is 29.1 Å². The molecule has 5 aromatic rings. The molecule has 2 aromatic carbocycles. The molecule has 0 saturated heterocycles. The van der Waals surface area contributed by atoms with Crippen LogP contribution in [0.5, 0.6) is 11.5 Å². The van der Waals surface area contributed by atoms with Crippen LogP contribution >= 0.6 is 0 Å². The van der Waals surface area contributed by atoms with E-state index < -0.39 is 0 Å². The number of rotatable bonds is 9. The van der Waals surface area contributed by atoms with Crippen molar-refractivity contribution in [3.05, 3.63) is 42.0 Å². The fourth-order valence-electron chi connectivity index (χ4n) is 3.97. The monoisotopic (exact) mass is 458 g/mol. The fourth-order valence-corrected chi connectivity index (χ4v) is 3.97. The van der Waals surface area contributed by atoms with E-state index in [-0.39, 0.29) is 10.9 Å². The number of aromatic nitrogens is 6. The van der Waals surface area contributed by atoms with Crippen molar-refractivity contribution in [2.24, 2.45) is 0 Å². The van der Waals surface area contributed by atoms with Crippen molar-refractivity contribution in [1.82, 2.24) is 29.7 Å². The normalized spacial score (nSPS) is 11.8. The molecule has 0 aliphatic heterocycles. The van der Waals surface area contributed by atoms with Gasteiger partial charge >= 0.3 is 0 Å². The Bertz CT molecular complexity index is 1150. The number of nitrogens with zero attached hydrogens (tertiary/aromatic N) is 3. The number of H-pyrrole nitrogens is 3. The van der Waals surface area contributed by atoms with Gasteiger partial charge < -0.3 is 15.3 Å². The number of unbranched alkanes of at least 4 members (excludes halogenated alkanes) is 5. The number of aromatic amines is 3. The van der Waals surface area contributed by atoms with Crippen LogP contribution in [0.1, 0.15) is 71.8 Å². The van der Waals surface area contributed by atoms with E-state index in [2.05, 4.69) is 64.7 Å². The van der Waals surface area contributed by atoms with Crippen LogP contribution in [0.15, 0.2) is 36.4 Å². The summed E-state index contributed by atoms with van der Waals surface area (Å²) in [4.78, 5) is 2.01. The molecule has 5 rings (SSSR count). The second-order valence-electron chi connectivity index (χ2n) is 9.44. The summed E-state index contributed by atoms with van der Waals surface area (Å²) in [7, 11) is 0. The number of ether oxygens (including phenoxy) is 1. The van der Waals surface area contributed by atoms with Crippen LogP contribution in [0, 0.1) is 0 Å². The lowest BCUT2D eigenvalue weighted by Gasteiger charge is -2.22. The van der Waals surface area contributed by atoms with Crippen LogP contribution in [0.25, 0.3) is 16.7 Å². The zero-order chi connectivity index (χ0) is 22.7. The third-order valence-electron chi connectivity index (χ3n) is 5.80.